The molecule has 1 fully saturated rings. The number of rotatable bonds is 1. The monoisotopic (exact) mass is 245 g/mol. The van der Waals surface area contributed by atoms with Crippen LogP contribution in [0, 0.1) is 11.3 Å². The Morgan fingerprint density at radius 2 is 2.00 bits per heavy atom. The number of hydrogen-bond donors (Lipinski definition) is 2. The summed E-state index contributed by atoms with van der Waals surface area (Å²) in [5.41, 5.74) is 2.23. The Hall–Kier alpha value is -1.02. The third kappa shape index (κ3) is 1.74. The minimum atomic E-state index is -0.567. The van der Waals surface area contributed by atoms with E-state index in [1.807, 2.05) is 0 Å². The first-order chi connectivity index (χ1) is 8.41. The van der Waals surface area contributed by atoms with Crippen LogP contribution in [0.4, 0.5) is 5.69 Å². The molecule has 0 saturated heterocycles. The van der Waals surface area contributed by atoms with Crippen LogP contribution in [0.15, 0.2) is 24.3 Å². The van der Waals surface area contributed by atoms with E-state index >= 15 is 0 Å². The van der Waals surface area contributed by atoms with Crippen LogP contribution in [0.1, 0.15) is 39.2 Å². The molecule has 18 heavy (non-hydrogen) atoms. The van der Waals surface area contributed by atoms with Crippen LogP contribution in [0.2, 0.25) is 0 Å². The molecule has 1 heterocycles. The number of hydrogen-bond acceptors (Lipinski definition) is 2. The highest BCUT2D eigenvalue weighted by Gasteiger charge is 2.53. The van der Waals surface area contributed by atoms with E-state index in [4.69, 9.17) is 0 Å². The Morgan fingerprint density at radius 3 is 2.61 bits per heavy atom. The van der Waals surface area contributed by atoms with Crippen molar-refractivity contribution in [2.24, 2.45) is 11.3 Å². The molecule has 2 heteroatoms. The lowest BCUT2D eigenvalue weighted by atomic mass is 9.82. The summed E-state index contributed by atoms with van der Waals surface area (Å²) in [6, 6.07) is 8.58. The largest absolute Gasteiger partial charge is 0.387 e. The van der Waals surface area contributed by atoms with Crippen molar-refractivity contribution in [3.8, 4) is 0 Å². The van der Waals surface area contributed by atoms with Crippen molar-refractivity contribution in [2.75, 3.05) is 5.32 Å². The van der Waals surface area contributed by atoms with Crippen molar-refractivity contribution < 1.29 is 5.11 Å². The van der Waals surface area contributed by atoms with Crippen LogP contribution < -0.4 is 5.32 Å². The maximum Gasteiger partial charge on any atom is 0.0881 e. The summed E-state index contributed by atoms with van der Waals surface area (Å²) in [4.78, 5) is 0. The molecule has 1 saturated carbocycles. The van der Waals surface area contributed by atoms with Gasteiger partial charge in [-0.05, 0) is 42.2 Å². The molecule has 0 bridgehead atoms. The molecule has 3 unspecified atom stereocenters. The third-order valence-electron chi connectivity index (χ3n) is 4.85. The number of aliphatic hydroxyl groups is 1. The Morgan fingerprint density at radius 1 is 1.28 bits per heavy atom. The second kappa shape index (κ2) is 3.74. The lowest BCUT2D eigenvalue weighted by Gasteiger charge is -2.35. The van der Waals surface area contributed by atoms with Crippen LogP contribution in [0.5, 0.6) is 0 Å². The van der Waals surface area contributed by atoms with Gasteiger partial charge in [0.15, 0.2) is 0 Å². The van der Waals surface area contributed by atoms with Crippen molar-refractivity contribution in [1.82, 2.24) is 0 Å². The van der Waals surface area contributed by atoms with E-state index < -0.39 is 5.60 Å². The third-order valence-corrected chi connectivity index (χ3v) is 4.85. The van der Waals surface area contributed by atoms with Crippen molar-refractivity contribution in [2.45, 2.75) is 51.7 Å². The van der Waals surface area contributed by atoms with Crippen molar-refractivity contribution in [3.63, 3.8) is 0 Å². The number of anilines is 1. The van der Waals surface area contributed by atoms with E-state index in [0.29, 0.717) is 5.92 Å². The average Bonchev–Trinajstić information content (AvgIpc) is 2.78. The number of fused-ring (bicyclic) bond motifs is 1. The van der Waals surface area contributed by atoms with Gasteiger partial charge in [0, 0.05) is 5.69 Å². The minimum Gasteiger partial charge on any atom is -0.387 e. The number of benzene rings is 1. The fraction of sp³-hybridized carbons (Fsp3) is 0.625. The molecule has 2 aliphatic rings. The van der Waals surface area contributed by atoms with E-state index in [2.05, 4.69) is 50.4 Å². The van der Waals surface area contributed by atoms with Gasteiger partial charge in [0.2, 0.25) is 0 Å². The van der Waals surface area contributed by atoms with Gasteiger partial charge in [-0.25, -0.2) is 0 Å². The fourth-order valence-electron chi connectivity index (χ4n) is 4.08. The molecular formula is C16H23NO. The molecule has 1 aliphatic heterocycles. The van der Waals surface area contributed by atoms with E-state index in [-0.39, 0.29) is 11.5 Å². The summed E-state index contributed by atoms with van der Waals surface area (Å²) in [6.07, 6.45) is 2.96. The lowest BCUT2D eigenvalue weighted by molar-refractivity contribution is -0.0121. The van der Waals surface area contributed by atoms with Gasteiger partial charge in [-0.2, -0.15) is 0 Å². The topological polar surface area (TPSA) is 32.3 Å². The quantitative estimate of drug-likeness (QED) is 0.796. The zero-order chi connectivity index (χ0) is 13.0. The van der Waals surface area contributed by atoms with Crippen LogP contribution in [0.25, 0.3) is 0 Å². The van der Waals surface area contributed by atoms with Gasteiger partial charge in [-0.15, -0.1) is 0 Å². The maximum absolute atomic E-state index is 11.1. The van der Waals surface area contributed by atoms with Gasteiger partial charge in [0.05, 0.1) is 11.6 Å². The van der Waals surface area contributed by atoms with E-state index in [0.717, 1.165) is 19.3 Å². The molecule has 3 rings (SSSR count). The molecule has 2 N–H and O–H groups in total. The highest BCUT2D eigenvalue weighted by atomic mass is 16.3. The summed E-state index contributed by atoms with van der Waals surface area (Å²) >= 11 is 0. The molecule has 1 aromatic carbocycles. The molecule has 3 atom stereocenters. The van der Waals surface area contributed by atoms with Gasteiger partial charge in [-0.1, -0.05) is 39.0 Å². The summed E-state index contributed by atoms with van der Waals surface area (Å²) in [7, 11) is 0. The second-order valence-electron chi connectivity index (χ2n) is 7.00. The molecule has 1 aliphatic carbocycles. The standard InChI is InChI=1S/C16H23NO/c1-11-9-15(2,3)10-16(11,18)14-8-12-6-4-5-7-13(12)17-14/h4-7,11,14,17-18H,8-10H2,1-3H3. The van der Waals surface area contributed by atoms with Crippen molar-refractivity contribution >= 4 is 5.69 Å². The molecule has 2 nitrogen and oxygen atoms in total. The van der Waals surface area contributed by atoms with E-state index in [1.54, 1.807) is 0 Å². The summed E-state index contributed by atoms with van der Waals surface area (Å²) in [5.74, 6) is 0.360. The first-order valence-electron chi connectivity index (χ1n) is 6.98. The number of para-hydroxylation sites is 1. The predicted molar refractivity (Wildman–Crippen MR) is 74.7 cm³/mol. The first-order valence-corrected chi connectivity index (χ1v) is 6.98. The SMILES string of the molecule is CC1CC(C)(C)CC1(O)C1Cc2ccccc2N1. The van der Waals surface area contributed by atoms with E-state index in [1.165, 1.54) is 11.3 Å². The highest BCUT2D eigenvalue weighted by molar-refractivity contribution is 5.57. The fourth-order valence-corrected chi connectivity index (χ4v) is 4.08. The Bertz CT molecular complexity index is 443. The van der Waals surface area contributed by atoms with E-state index in [9.17, 15) is 5.11 Å². The second-order valence-corrected chi connectivity index (χ2v) is 7.00. The molecule has 0 amide bonds. The molecule has 1 aromatic rings. The Balaban J connectivity index is 1.86. The summed E-state index contributed by atoms with van der Waals surface area (Å²) < 4.78 is 0. The maximum atomic E-state index is 11.1. The van der Waals surface area contributed by atoms with Crippen molar-refractivity contribution in [3.05, 3.63) is 29.8 Å². The van der Waals surface area contributed by atoms with Crippen LogP contribution in [0.3, 0.4) is 0 Å². The van der Waals surface area contributed by atoms with Gasteiger partial charge in [-0.3, -0.25) is 0 Å². The van der Waals surface area contributed by atoms with Gasteiger partial charge in [0.25, 0.3) is 0 Å². The van der Waals surface area contributed by atoms with Crippen molar-refractivity contribution in [1.29, 1.82) is 0 Å². The lowest BCUT2D eigenvalue weighted by Crippen LogP contribution is -2.48. The smallest absolute Gasteiger partial charge is 0.0881 e. The Labute approximate surface area is 109 Å². The Kier molecular flexibility index (Phi) is 2.50. The van der Waals surface area contributed by atoms with Crippen LogP contribution in [-0.2, 0) is 6.42 Å². The van der Waals surface area contributed by atoms with Gasteiger partial charge < -0.3 is 10.4 Å². The zero-order valence-corrected chi connectivity index (χ0v) is 11.5. The molecule has 0 spiro atoms. The first kappa shape index (κ1) is 12.0. The summed E-state index contributed by atoms with van der Waals surface area (Å²) in [5, 5.41) is 14.6. The van der Waals surface area contributed by atoms with Crippen LogP contribution >= 0.6 is 0 Å². The molecule has 0 aromatic heterocycles. The van der Waals surface area contributed by atoms with Gasteiger partial charge >= 0.3 is 0 Å². The highest BCUT2D eigenvalue weighted by Crippen LogP contribution is 2.51. The van der Waals surface area contributed by atoms with Gasteiger partial charge in [0.1, 0.15) is 0 Å². The predicted octanol–water partition coefficient (Wildman–Crippen LogP) is 3.21. The minimum absolute atomic E-state index is 0.173. The summed E-state index contributed by atoms with van der Waals surface area (Å²) in [6.45, 7) is 6.73. The zero-order valence-electron chi connectivity index (χ0n) is 11.5. The molecular weight excluding hydrogens is 222 g/mol. The van der Waals surface area contributed by atoms with Crippen LogP contribution in [-0.4, -0.2) is 16.7 Å². The number of nitrogens with one attached hydrogen (secondary N) is 1. The molecule has 0 radical (unpaired) electrons. The molecule has 98 valence electrons. The average molecular weight is 245 g/mol. The normalized spacial score (nSPS) is 37.3.